The summed E-state index contributed by atoms with van der Waals surface area (Å²) < 4.78 is 8.70. The molecule has 0 saturated carbocycles. The molecule has 0 saturated heterocycles. The van der Waals surface area contributed by atoms with Crippen LogP contribution in [-0.4, -0.2) is 33.6 Å². The van der Waals surface area contributed by atoms with Gasteiger partial charge in [-0.2, -0.15) is 0 Å². The third kappa shape index (κ3) is 3.20. The molecule has 0 aliphatic rings. The summed E-state index contributed by atoms with van der Waals surface area (Å²) in [6.45, 7) is 6.49. The van der Waals surface area contributed by atoms with Crippen LogP contribution in [0.5, 0.6) is 0 Å². The predicted molar refractivity (Wildman–Crippen MR) is 101 cm³/mol. The van der Waals surface area contributed by atoms with Gasteiger partial charge in [-0.25, -0.2) is 4.98 Å². The lowest BCUT2D eigenvalue weighted by molar-refractivity contribution is 0.0969. The number of hydrogen-bond donors (Lipinski definition) is 0. The average molecular weight is 353 g/mol. The molecule has 6 nitrogen and oxygen atoms in total. The van der Waals surface area contributed by atoms with Gasteiger partial charge in [0.2, 0.25) is 0 Å². The number of Topliss-reactive ketones (excluding diaryl/α,β-unsaturated/α-hetero) is 1. The van der Waals surface area contributed by atoms with E-state index in [4.69, 9.17) is 4.74 Å². The fourth-order valence-electron chi connectivity index (χ4n) is 3.51. The molecular weight excluding hydrogens is 330 g/mol. The van der Waals surface area contributed by atoms with Crippen LogP contribution in [0.25, 0.3) is 10.9 Å². The largest absolute Gasteiger partial charge is 0.383 e. The number of aryl methyl sites for hydroxylation is 1. The molecule has 0 amide bonds. The molecule has 0 aliphatic carbocycles. The van der Waals surface area contributed by atoms with Crippen LogP contribution in [0.15, 0.2) is 41.5 Å². The van der Waals surface area contributed by atoms with Crippen molar-refractivity contribution < 1.29 is 9.53 Å². The predicted octanol–water partition coefficient (Wildman–Crippen LogP) is 2.91. The number of aromatic nitrogens is 3. The van der Waals surface area contributed by atoms with Gasteiger partial charge in [-0.1, -0.05) is 12.1 Å². The first-order chi connectivity index (χ1) is 12.4. The number of fused-ring (bicyclic) bond motifs is 1. The number of rotatable bonds is 6. The SMILES string of the molecule is COC[C@@H](C)n1c(C)cc(C(=O)Cn2cnc3ccccc3c2=O)c1C. The molecule has 1 atom stereocenters. The summed E-state index contributed by atoms with van der Waals surface area (Å²) in [6, 6.07) is 9.15. The molecule has 0 fully saturated rings. The van der Waals surface area contributed by atoms with Gasteiger partial charge in [-0.05, 0) is 39.0 Å². The van der Waals surface area contributed by atoms with Gasteiger partial charge in [0.05, 0.1) is 36.4 Å². The van der Waals surface area contributed by atoms with Crippen LogP contribution in [0.2, 0.25) is 0 Å². The van der Waals surface area contributed by atoms with Crippen LogP contribution in [0.3, 0.4) is 0 Å². The third-order valence-electron chi connectivity index (χ3n) is 4.68. The van der Waals surface area contributed by atoms with Crippen LogP contribution >= 0.6 is 0 Å². The Labute approximate surface area is 152 Å². The van der Waals surface area contributed by atoms with E-state index in [1.54, 1.807) is 25.3 Å². The van der Waals surface area contributed by atoms with Gasteiger partial charge in [0, 0.05) is 24.1 Å². The smallest absolute Gasteiger partial charge is 0.261 e. The molecule has 6 heteroatoms. The van der Waals surface area contributed by atoms with Gasteiger partial charge in [0.15, 0.2) is 5.78 Å². The molecule has 2 heterocycles. The van der Waals surface area contributed by atoms with Gasteiger partial charge in [-0.15, -0.1) is 0 Å². The first kappa shape index (κ1) is 18.1. The second-order valence-corrected chi connectivity index (χ2v) is 6.58. The minimum absolute atomic E-state index is 0.0282. The van der Waals surface area contributed by atoms with Crippen molar-refractivity contribution >= 4 is 16.7 Å². The van der Waals surface area contributed by atoms with E-state index in [0.717, 1.165) is 11.4 Å². The zero-order valence-corrected chi connectivity index (χ0v) is 15.5. The highest BCUT2D eigenvalue weighted by Crippen LogP contribution is 2.21. The normalized spacial score (nSPS) is 12.5. The van der Waals surface area contributed by atoms with Gasteiger partial charge < -0.3 is 9.30 Å². The zero-order valence-electron chi connectivity index (χ0n) is 15.5. The number of ketones is 1. The number of benzene rings is 1. The van der Waals surface area contributed by atoms with Gasteiger partial charge in [0.1, 0.15) is 0 Å². The maximum atomic E-state index is 12.8. The first-order valence-corrected chi connectivity index (χ1v) is 8.58. The Morgan fingerprint density at radius 1 is 1.27 bits per heavy atom. The molecule has 3 rings (SSSR count). The molecule has 136 valence electrons. The van der Waals surface area contributed by atoms with Crippen LogP contribution in [0.1, 0.15) is 34.7 Å². The lowest BCUT2D eigenvalue weighted by Crippen LogP contribution is -2.25. The monoisotopic (exact) mass is 353 g/mol. The van der Waals surface area contributed by atoms with Crippen molar-refractivity contribution in [3.05, 3.63) is 64.0 Å². The Balaban J connectivity index is 1.93. The second-order valence-electron chi connectivity index (χ2n) is 6.58. The third-order valence-corrected chi connectivity index (χ3v) is 4.68. The summed E-state index contributed by atoms with van der Waals surface area (Å²) >= 11 is 0. The van der Waals surface area contributed by atoms with E-state index >= 15 is 0 Å². The number of para-hydroxylation sites is 1. The van der Waals surface area contributed by atoms with E-state index in [-0.39, 0.29) is 23.9 Å². The van der Waals surface area contributed by atoms with E-state index < -0.39 is 0 Å². The Morgan fingerprint density at radius 3 is 2.73 bits per heavy atom. The van der Waals surface area contributed by atoms with Crippen molar-refractivity contribution in [2.45, 2.75) is 33.4 Å². The van der Waals surface area contributed by atoms with Crippen LogP contribution in [-0.2, 0) is 11.3 Å². The second kappa shape index (κ2) is 7.25. The lowest BCUT2D eigenvalue weighted by atomic mass is 10.1. The van der Waals surface area contributed by atoms with Gasteiger partial charge in [0.25, 0.3) is 5.56 Å². The van der Waals surface area contributed by atoms with Crippen molar-refractivity contribution in [2.24, 2.45) is 0 Å². The Morgan fingerprint density at radius 2 is 2.00 bits per heavy atom. The number of methoxy groups -OCH3 is 1. The van der Waals surface area contributed by atoms with Crippen LogP contribution < -0.4 is 5.56 Å². The van der Waals surface area contributed by atoms with Gasteiger partial charge in [-0.3, -0.25) is 14.2 Å². The Hall–Kier alpha value is -2.73. The molecule has 0 spiro atoms. The minimum Gasteiger partial charge on any atom is -0.383 e. The maximum Gasteiger partial charge on any atom is 0.261 e. The summed E-state index contributed by atoms with van der Waals surface area (Å²) in [4.78, 5) is 29.7. The summed E-state index contributed by atoms with van der Waals surface area (Å²) in [5.41, 5.74) is 2.95. The average Bonchev–Trinajstić information content (AvgIpc) is 2.92. The molecule has 26 heavy (non-hydrogen) atoms. The van der Waals surface area contributed by atoms with Crippen molar-refractivity contribution in [3.8, 4) is 0 Å². The lowest BCUT2D eigenvalue weighted by Gasteiger charge is -2.17. The van der Waals surface area contributed by atoms with Crippen LogP contribution in [0.4, 0.5) is 0 Å². The van der Waals surface area contributed by atoms with E-state index in [2.05, 4.69) is 16.5 Å². The summed E-state index contributed by atoms with van der Waals surface area (Å²) in [5, 5.41) is 0.516. The van der Waals surface area contributed by atoms with Gasteiger partial charge >= 0.3 is 0 Å². The minimum atomic E-state index is -0.203. The molecule has 0 bridgehead atoms. The molecule has 3 aromatic rings. The van der Waals surface area contributed by atoms with Crippen molar-refractivity contribution in [2.75, 3.05) is 13.7 Å². The van der Waals surface area contributed by atoms with E-state index in [0.29, 0.717) is 23.1 Å². The van der Waals surface area contributed by atoms with Crippen molar-refractivity contribution in [3.63, 3.8) is 0 Å². The number of ether oxygens (including phenoxy) is 1. The molecule has 0 aliphatic heterocycles. The number of nitrogens with zero attached hydrogens (tertiary/aromatic N) is 3. The quantitative estimate of drug-likeness (QED) is 0.639. The standard InChI is InChI=1S/C20H23N3O3/c1-13-9-17(15(3)23(13)14(2)11-26-4)19(24)10-22-12-21-18-8-6-5-7-16(18)20(22)25/h5-9,12,14H,10-11H2,1-4H3/t14-/m1/s1. The fourth-order valence-corrected chi connectivity index (χ4v) is 3.51. The highest BCUT2D eigenvalue weighted by Gasteiger charge is 2.19. The highest BCUT2D eigenvalue weighted by atomic mass is 16.5. The van der Waals surface area contributed by atoms with Crippen molar-refractivity contribution in [1.29, 1.82) is 0 Å². The molecule has 0 unspecified atom stereocenters. The van der Waals surface area contributed by atoms with E-state index in [1.807, 2.05) is 26.0 Å². The zero-order chi connectivity index (χ0) is 18.8. The number of carbonyl (C=O) groups excluding carboxylic acids is 1. The van der Waals surface area contributed by atoms with E-state index in [9.17, 15) is 9.59 Å². The fraction of sp³-hybridized carbons (Fsp3) is 0.350. The molecule has 0 N–H and O–H groups in total. The van der Waals surface area contributed by atoms with E-state index in [1.165, 1.54) is 10.9 Å². The molecule has 1 aromatic carbocycles. The van der Waals surface area contributed by atoms with Crippen LogP contribution in [0, 0.1) is 13.8 Å². The topological polar surface area (TPSA) is 66.1 Å². The van der Waals surface area contributed by atoms with Crippen molar-refractivity contribution in [1.82, 2.24) is 14.1 Å². The molecule has 2 aromatic heterocycles. The molecule has 0 radical (unpaired) electrons. The number of carbonyl (C=O) groups is 1. The highest BCUT2D eigenvalue weighted by molar-refractivity contribution is 5.97. The maximum absolute atomic E-state index is 12.8. The summed E-state index contributed by atoms with van der Waals surface area (Å²) in [7, 11) is 1.66. The molecular formula is C20H23N3O3. The Bertz CT molecular complexity index is 1020. The first-order valence-electron chi connectivity index (χ1n) is 8.58. The Kier molecular flexibility index (Phi) is 5.04. The number of hydrogen-bond acceptors (Lipinski definition) is 4. The summed E-state index contributed by atoms with van der Waals surface area (Å²) in [6.07, 6.45) is 1.44. The summed E-state index contributed by atoms with van der Waals surface area (Å²) in [5.74, 6) is -0.104.